The molecule has 1 saturated heterocycles. The van der Waals surface area contributed by atoms with Gasteiger partial charge in [0.25, 0.3) is 0 Å². The Labute approximate surface area is 178 Å². The maximum Gasteiger partial charge on any atom is 0.410 e. The zero-order valence-corrected chi connectivity index (χ0v) is 18.5. The second kappa shape index (κ2) is 9.51. The summed E-state index contributed by atoms with van der Waals surface area (Å²) in [4.78, 5) is 19.9. The van der Waals surface area contributed by atoms with Crippen LogP contribution in [0.2, 0.25) is 0 Å². The van der Waals surface area contributed by atoms with Gasteiger partial charge in [0, 0.05) is 24.5 Å². The predicted molar refractivity (Wildman–Crippen MR) is 115 cm³/mol. The average molecular weight is 416 g/mol. The Balaban J connectivity index is 1.71. The molecule has 0 bridgehead atoms. The molecule has 1 aliphatic carbocycles. The summed E-state index contributed by atoms with van der Waals surface area (Å²) in [5.74, 6) is 1.36. The van der Waals surface area contributed by atoms with Crippen molar-refractivity contribution in [3.8, 4) is 0 Å². The van der Waals surface area contributed by atoms with E-state index in [4.69, 9.17) is 10.3 Å². The van der Waals surface area contributed by atoms with Crippen molar-refractivity contribution < 1.29 is 9.53 Å². The van der Waals surface area contributed by atoms with E-state index in [0.717, 1.165) is 31.7 Å². The van der Waals surface area contributed by atoms with E-state index < -0.39 is 5.60 Å². The number of rotatable bonds is 6. The number of piperidine rings is 1. The second-order valence-electron chi connectivity index (χ2n) is 9.37. The number of azide groups is 1. The minimum Gasteiger partial charge on any atom is -0.444 e. The van der Waals surface area contributed by atoms with E-state index in [0.29, 0.717) is 18.2 Å². The van der Waals surface area contributed by atoms with Crippen LogP contribution in [0.5, 0.6) is 0 Å². The first-order valence-electron chi connectivity index (χ1n) is 10.9. The van der Waals surface area contributed by atoms with Crippen LogP contribution in [-0.2, 0) is 4.74 Å². The molecule has 2 atom stereocenters. The van der Waals surface area contributed by atoms with Crippen molar-refractivity contribution >= 4 is 11.9 Å². The molecule has 30 heavy (non-hydrogen) atoms. The van der Waals surface area contributed by atoms with E-state index in [1.807, 2.05) is 37.8 Å². The van der Waals surface area contributed by atoms with E-state index in [-0.39, 0.29) is 18.2 Å². The van der Waals surface area contributed by atoms with Crippen LogP contribution in [0, 0.1) is 5.92 Å². The van der Waals surface area contributed by atoms with Gasteiger partial charge in [-0.3, -0.25) is 0 Å². The molecular weight excluding hydrogens is 382 g/mol. The van der Waals surface area contributed by atoms with Gasteiger partial charge in [-0.05, 0) is 70.0 Å². The molecule has 1 saturated carbocycles. The van der Waals surface area contributed by atoms with Gasteiger partial charge in [0.15, 0.2) is 5.82 Å². The Bertz CT molecular complexity index is 767. The quantitative estimate of drug-likeness (QED) is 0.375. The maximum atomic E-state index is 13.0. The predicted octanol–water partition coefficient (Wildman–Crippen LogP) is 4.85. The molecule has 0 N–H and O–H groups in total. The molecule has 9 nitrogen and oxygen atoms in total. The van der Waals surface area contributed by atoms with Gasteiger partial charge in [-0.1, -0.05) is 18.5 Å². The Hall–Kier alpha value is -2.54. The van der Waals surface area contributed by atoms with Gasteiger partial charge in [0.05, 0.1) is 17.8 Å². The first-order valence-corrected chi connectivity index (χ1v) is 10.9. The minimum absolute atomic E-state index is 0.0952. The normalized spacial score (nSPS) is 20.7. The summed E-state index contributed by atoms with van der Waals surface area (Å²) in [5.41, 5.74) is 8.73. The Kier molecular flexibility index (Phi) is 7.02. The number of amides is 1. The van der Waals surface area contributed by atoms with Crippen LogP contribution in [0.15, 0.2) is 17.2 Å². The van der Waals surface area contributed by atoms with Gasteiger partial charge in [-0.15, -0.1) is 5.10 Å². The van der Waals surface area contributed by atoms with Crippen LogP contribution < -0.4 is 4.90 Å². The first-order chi connectivity index (χ1) is 14.3. The molecule has 3 rings (SSSR count). The molecule has 1 amide bonds. The maximum absolute atomic E-state index is 13.0. The van der Waals surface area contributed by atoms with Gasteiger partial charge in [0.1, 0.15) is 5.60 Å². The number of ether oxygens (including phenoxy) is 1. The molecular formula is C21H33N7O2. The SMILES string of the molecule is CC(N=[N+]=[N-])c1ccc(N2CCC[C@@H](N(CC3CCC3)C(=O)OC(C)(C)C)C2)nn1. The molecule has 0 spiro atoms. The topological polar surface area (TPSA) is 107 Å². The van der Waals surface area contributed by atoms with Crippen LogP contribution in [0.25, 0.3) is 10.4 Å². The fourth-order valence-electron chi connectivity index (χ4n) is 3.93. The number of nitrogens with zero attached hydrogens (tertiary/aromatic N) is 7. The smallest absolute Gasteiger partial charge is 0.410 e. The molecule has 1 unspecified atom stereocenters. The van der Waals surface area contributed by atoms with Crippen molar-refractivity contribution in [3.05, 3.63) is 28.3 Å². The van der Waals surface area contributed by atoms with Crippen molar-refractivity contribution in [2.75, 3.05) is 24.5 Å². The summed E-state index contributed by atoms with van der Waals surface area (Å²) >= 11 is 0. The van der Waals surface area contributed by atoms with E-state index in [2.05, 4.69) is 25.1 Å². The summed E-state index contributed by atoms with van der Waals surface area (Å²) in [6.07, 6.45) is 5.35. The highest BCUT2D eigenvalue weighted by Crippen LogP contribution is 2.30. The van der Waals surface area contributed by atoms with E-state index in [1.54, 1.807) is 6.92 Å². The third-order valence-corrected chi connectivity index (χ3v) is 5.79. The third-order valence-electron chi connectivity index (χ3n) is 5.79. The zero-order chi connectivity index (χ0) is 21.7. The van der Waals surface area contributed by atoms with Crippen molar-refractivity contribution in [1.29, 1.82) is 0 Å². The summed E-state index contributed by atoms with van der Waals surface area (Å²) in [6.45, 7) is 9.88. The highest BCUT2D eigenvalue weighted by Gasteiger charge is 2.34. The molecule has 2 heterocycles. The van der Waals surface area contributed by atoms with Crippen LogP contribution in [0.4, 0.5) is 10.6 Å². The van der Waals surface area contributed by atoms with Crippen molar-refractivity contribution in [3.63, 3.8) is 0 Å². The number of carbonyl (C=O) groups excluding carboxylic acids is 1. The zero-order valence-electron chi connectivity index (χ0n) is 18.5. The van der Waals surface area contributed by atoms with Crippen molar-refractivity contribution in [2.45, 2.75) is 77.5 Å². The second-order valence-corrected chi connectivity index (χ2v) is 9.37. The summed E-state index contributed by atoms with van der Waals surface area (Å²) < 4.78 is 5.73. The molecule has 2 fully saturated rings. The first kappa shape index (κ1) is 22.2. The molecule has 0 radical (unpaired) electrons. The number of anilines is 1. The highest BCUT2D eigenvalue weighted by molar-refractivity contribution is 5.68. The van der Waals surface area contributed by atoms with Gasteiger partial charge in [0.2, 0.25) is 0 Å². The molecule has 0 aromatic carbocycles. The van der Waals surface area contributed by atoms with Crippen molar-refractivity contribution in [1.82, 2.24) is 15.1 Å². The Morgan fingerprint density at radius 1 is 1.33 bits per heavy atom. The van der Waals surface area contributed by atoms with Crippen LogP contribution >= 0.6 is 0 Å². The number of hydrogen-bond donors (Lipinski definition) is 0. The van der Waals surface area contributed by atoms with E-state index in [9.17, 15) is 4.79 Å². The lowest BCUT2D eigenvalue weighted by molar-refractivity contribution is 0.00733. The van der Waals surface area contributed by atoms with Gasteiger partial charge in [-0.2, -0.15) is 5.10 Å². The average Bonchev–Trinajstić information content (AvgIpc) is 2.66. The Morgan fingerprint density at radius 2 is 2.10 bits per heavy atom. The number of hydrogen-bond acceptors (Lipinski definition) is 6. The molecule has 1 aliphatic heterocycles. The molecule has 2 aliphatic rings. The van der Waals surface area contributed by atoms with Crippen LogP contribution in [0.3, 0.4) is 0 Å². The lowest BCUT2D eigenvalue weighted by Gasteiger charge is -2.42. The van der Waals surface area contributed by atoms with Crippen LogP contribution in [-0.4, -0.2) is 52.5 Å². The number of carbonyl (C=O) groups is 1. The number of aromatic nitrogens is 2. The van der Waals surface area contributed by atoms with Gasteiger partial charge < -0.3 is 14.5 Å². The van der Waals surface area contributed by atoms with Gasteiger partial charge in [-0.25, -0.2) is 4.79 Å². The highest BCUT2D eigenvalue weighted by atomic mass is 16.6. The largest absolute Gasteiger partial charge is 0.444 e. The summed E-state index contributed by atoms with van der Waals surface area (Å²) in [5, 5.41) is 12.3. The lowest BCUT2D eigenvalue weighted by atomic mass is 9.84. The summed E-state index contributed by atoms with van der Waals surface area (Å²) in [6, 6.07) is 3.51. The molecule has 164 valence electrons. The monoisotopic (exact) mass is 415 g/mol. The molecule has 9 heteroatoms. The summed E-state index contributed by atoms with van der Waals surface area (Å²) in [7, 11) is 0. The standard InChI is InChI=1S/C21H33N7O2/c1-15(23-26-22)18-10-11-19(25-24-18)27-12-6-9-17(14-27)28(13-16-7-5-8-16)20(29)30-21(2,3)4/h10-11,15-17H,5-9,12-14H2,1-4H3/t15?,17-/m1/s1. The molecule has 1 aromatic rings. The van der Waals surface area contributed by atoms with Gasteiger partial charge >= 0.3 is 6.09 Å². The fourth-order valence-corrected chi connectivity index (χ4v) is 3.93. The molecule has 1 aromatic heterocycles. The van der Waals surface area contributed by atoms with E-state index >= 15 is 0 Å². The van der Waals surface area contributed by atoms with Crippen LogP contribution in [0.1, 0.15) is 71.5 Å². The lowest BCUT2D eigenvalue weighted by Crippen LogP contribution is -2.53. The third kappa shape index (κ3) is 5.75. The van der Waals surface area contributed by atoms with E-state index in [1.165, 1.54) is 19.3 Å². The fraction of sp³-hybridized carbons (Fsp3) is 0.762. The Morgan fingerprint density at radius 3 is 2.67 bits per heavy atom. The van der Waals surface area contributed by atoms with Crippen molar-refractivity contribution in [2.24, 2.45) is 11.0 Å². The minimum atomic E-state index is -0.507.